The first-order chi connectivity index (χ1) is 8.07. The number of carbonyl (C=O) groups excluding carboxylic acids is 1. The molecule has 2 rings (SSSR count). The number of rotatable bonds is 5. The van der Waals surface area contributed by atoms with Crippen LogP contribution in [0, 0.1) is 5.41 Å². The molecule has 98 valence electrons. The smallest absolute Gasteiger partial charge is 0.231 e. The van der Waals surface area contributed by atoms with E-state index in [1.165, 1.54) is 0 Å². The lowest BCUT2D eigenvalue weighted by atomic mass is 9.88. The van der Waals surface area contributed by atoms with Crippen molar-refractivity contribution in [3.8, 4) is 0 Å². The maximum atomic E-state index is 10.8. The second-order valence-corrected chi connectivity index (χ2v) is 5.70. The summed E-state index contributed by atoms with van der Waals surface area (Å²) >= 11 is 0. The van der Waals surface area contributed by atoms with Gasteiger partial charge in [-0.15, -0.1) is 0 Å². The van der Waals surface area contributed by atoms with E-state index in [1.54, 1.807) is 0 Å². The van der Waals surface area contributed by atoms with Gasteiger partial charge in [-0.1, -0.05) is 6.92 Å². The highest BCUT2D eigenvalue weighted by molar-refractivity contribution is 5.75. The topological polar surface area (TPSA) is 67.6 Å². The van der Waals surface area contributed by atoms with Crippen LogP contribution in [0.4, 0.5) is 0 Å². The summed E-state index contributed by atoms with van der Waals surface area (Å²) < 4.78 is 5.24. The summed E-state index contributed by atoms with van der Waals surface area (Å²) in [6, 6.07) is 0.580. The van der Waals surface area contributed by atoms with Gasteiger partial charge in [-0.05, 0) is 12.8 Å². The summed E-state index contributed by atoms with van der Waals surface area (Å²) in [6.07, 6.45) is 2.20. The molecule has 0 aromatic rings. The van der Waals surface area contributed by atoms with Crippen LogP contribution in [0.5, 0.6) is 0 Å². The highest BCUT2D eigenvalue weighted by Crippen LogP contribution is 2.25. The quantitative estimate of drug-likeness (QED) is 0.685. The zero-order valence-electron chi connectivity index (χ0n) is 10.6. The number of piperidine rings is 1. The fourth-order valence-electron chi connectivity index (χ4n) is 2.46. The number of ether oxygens (including phenoxy) is 1. The molecule has 0 aliphatic carbocycles. The molecular formula is C12H23N3O2. The van der Waals surface area contributed by atoms with Gasteiger partial charge in [-0.3, -0.25) is 9.69 Å². The number of carbonyl (C=O) groups is 1. The van der Waals surface area contributed by atoms with Gasteiger partial charge < -0.3 is 15.8 Å². The SMILES string of the molecule is CC1(CNC2CCN(CC(N)=O)CC2)COC1. The Morgan fingerprint density at radius 1 is 1.47 bits per heavy atom. The zero-order chi connectivity index (χ0) is 12.3. The molecule has 17 heavy (non-hydrogen) atoms. The van der Waals surface area contributed by atoms with Crippen LogP contribution >= 0.6 is 0 Å². The van der Waals surface area contributed by atoms with E-state index in [0.29, 0.717) is 18.0 Å². The van der Waals surface area contributed by atoms with Crippen LogP contribution in [0.15, 0.2) is 0 Å². The molecule has 0 bridgehead atoms. The van der Waals surface area contributed by atoms with Gasteiger partial charge in [0.2, 0.25) is 5.91 Å². The summed E-state index contributed by atoms with van der Waals surface area (Å²) in [5.74, 6) is -0.226. The molecule has 2 saturated heterocycles. The van der Waals surface area contributed by atoms with Crippen LogP contribution in [0.3, 0.4) is 0 Å². The van der Waals surface area contributed by atoms with Gasteiger partial charge in [0.25, 0.3) is 0 Å². The van der Waals surface area contributed by atoms with Gasteiger partial charge in [0, 0.05) is 31.1 Å². The van der Waals surface area contributed by atoms with E-state index in [9.17, 15) is 4.79 Å². The maximum Gasteiger partial charge on any atom is 0.231 e. The standard InChI is InChI=1S/C12H23N3O2/c1-12(8-17-9-12)7-14-10-2-4-15(5-3-10)6-11(13)16/h10,14H,2-9H2,1H3,(H2,13,16). The number of likely N-dealkylation sites (tertiary alicyclic amines) is 1. The normalized spacial score (nSPS) is 25.5. The third-order valence-electron chi connectivity index (χ3n) is 3.69. The predicted molar refractivity (Wildman–Crippen MR) is 65.6 cm³/mol. The average molecular weight is 241 g/mol. The number of primary amides is 1. The summed E-state index contributed by atoms with van der Waals surface area (Å²) in [5, 5.41) is 3.62. The van der Waals surface area contributed by atoms with Gasteiger partial charge in [0.15, 0.2) is 0 Å². The molecule has 0 unspecified atom stereocenters. The molecule has 0 aromatic carbocycles. The van der Waals surface area contributed by atoms with E-state index in [-0.39, 0.29) is 5.91 Å². The Hall–Kier alpha value is -0.650. The highest BCUT2D eigenvalue weighted by atomic mass is 16.5. The lowest BCUT2D eigenvalue weighted by molar-refractivity contribution is -0.119. The van der Waals surface area contributed by atoms with Crippen molar-refractivity contribution in [3.05, 3.63) is 0 Å². The van der Waals surface area contributed by atoms with E-state index in [4.69, 9.17) is 10.5 Å². The largest absolute Gasteiger partial charge is 0.380 e. The first-order valence-electron chi connectivity index (χ1n) is 6.39. The van der Waals surface area contributed by atoms with Gasteiger partial charge in [0.1, 0.15) is 0 Å². The molecule has 2 heterocycles. The molecule has 0 aromatic heterocycles. The molecule has 2 fully saturated rings. The number of hydrogen-bond acceptors (Lipinski definition) is 4. The van der Waals surface area contributed by atoms with E-state index in [1.807, 2.05) is 0 Å². The van der Waals surface area contributed by atoms with Crippen LogP contribution in [-0.4, -0.2) is 56.2 Å². The molecule has 3 N–H and O–H groups in total. The van der Waals surface area contributed by atoms with Crippen LogP contribution in [-0.2, 0) is 9.53 Å². The van der Waals surface area contributed by atoms with Crippen LogP contribution in [0.25, 0.3) is 0 Å². The van der Waals surface area contributed by atoms with E-state index in [0.717, 1.165) is 45.7 Å². The van der Waals surface area contributed by atoms with Crippen LogP contribution in [0.2, 0.25) is 0 Å². The highest BCUT2D eigenvalue weighted by Gasteiger charge is 2.33. The Balaban J connectivity index is 1.63. The first kappa shape index (κ1) is 12.8. The molecule has 1 amide bonds. The molecule has 0 radical (unpaired) electrons. The lowest BCUT2D eigenvalue weighted by Gasteiger charge is -2.40. The molecule has 5 heteroatoms. The Morgan fingerprint density at radius 2 is 2.12 bits per heavy atom. The summed E-state index contributed by atoms with van der Waals surface area (Å²) in [5.41, 5.74) is 5.53. The second kappa shape index (κ2) is 5.33. The predicted octanol–water partition coefficient (Wildman–Crippen LogP) is -0.438. The minimum atomic E-state index is -0.226. The molecule has 2 aliphatic heterocycles. The Labute approximate surface area is 103 Å². The summed E-state index contributed by atoms with van der Waals surface area (Å²) in [6.45, 7) is 7.38. The van der Waals surface area contributed by atoms with Crippen molar-refractivity contribution in [2.45, 2.75) is 25.8 Å². The third-order valence-corrected chi connectivity index (χ3v) is 3.69. The van der Waals surface area contributed by atoms with Crippen molar-refractivity contribution in [2.24, 2.45) is 11.1 Å². The average Bonchev–Trinajstić information content (AvgIpc) is 2.25. The van der Waals surface area contributed by atoms with Gasteiger partial charge in [-0.25, -0.2) is 0 Å². The van der Waals surface area contributed by atoms with Crippen molar-refractivity contribution in [1.82, 2.24) is 10.2 Å². The van der Waals surface area contributed by atoms with Crippen molar-refractivity contribution in [3.63, 3.8) is 0 Å². The van der Waals surface area contributed by atoms with Gasteiger partial charge in [-0.2, -0.15) is 0 Å². The minimum Gasteiger partial charge on any atom is -0.380 e. The number of hydrogen-bond donors (Lipinski definition) is 2. The lowest BCUT2D eigenvalue weighted by Crippen LogP contribution is -2.52. The number of nitrogens with two attached hydrogens (primary N) is 1. The minimum absolute atomic E-state index is 0.226. The van der Waals surface area contributed by atoms with Crippen LogP contribution in [0.1, 0.15) is 19.8 Å². The van der Waals surface area contributed by atoms with Crippen molar-refractivity contribution < 1.29 is 9.53 Å². The molecular weight excluding hydrogens is 218 g/mol. The summed E-state index contributed by atoms with van der Waals surface area (Å²) in [4.78, 5) is 12.9. The molecule has 0 atom stereocenters. The molecule has 2 aliphatic rings. The molecule has 5 nitrogen and oxygen atoms in total. The van der Waals surface area contributed by atoms with Gasteiger partial charge >= 0.3 is 0 Å². The van der Waals surface area contributed by atoms with Crippen molar-refractivity contribution in [1.29, 1.82) is 0 Å². The van der Waals surface area contributed by atoms with E-state index >= 15 is 0 Å². The number of nitrogens with zero attached hydrogens (tertiary/aromatic N) is 1. The van der Waals surface area contributed by atoms with E-state index in [2.05, 4.69) is 17.1 Å². The second-order valence-electron chi connectivity index (χ2n) is 5.70. The van der Waals surface area contributed by atoms with E-state index < -0.39 is 0 Å². The fourth-order valence-corrected chi connectivity index (χ4v) is 2.46. The monoisotopic (exact) mass is 241 g/mol. The number of amides is 1. The molecule has 0 spiro atoms. The zero-order valence-corrected chi connectivity index (χ0v) is 10.6. The van der Waals surface area contributed by atoms with Crippen LogP contribution < -0.4 is 11.1 Å². The summed E-state index contributed by atoms with van der Waals surface area (Å²) in [7, 11) is 0. The molecule has 0 saturated carbocycles. The maximum absolute atomic E-state index is 10.8. The third kappa shape index (κ3) is 3.66. The van der Waals surface area contributed by atoms with Gasteiger partial charge in [0.05, 0.1) is 19.8 Å². The fraction of sp³-hybridized carbons (Fsp3) is 0.917. The Morgan fingerprint density at radius 3 is 2.59 bits per heavy atom. The first-order valence-corrected chi connectivity index (χ1v) is 6.39. The Kier molecular flexibility index (Phi) is 4.01. The number of nitrogens with one attached hydrogen (secondary N) is 1. The van der Waals surface area contributed by atoms with Crippen molar-refractivity contribution in [2.75, 3.05) is 39.4 Å². The Bertz CT molecular complexity index is 271. The van der Waals surface area contributed by atoms with Crippen molar-refractivity contribution >= 4 is 5.91 Å².